The maximum absolute atomic E-state index is 3.71. The largest absolute Gasteiger partial charge is 0.261 e. The number of hydrogen-bond donors (Lipinski definition) is 0. The van der Waals surface area contributed by atoms with Crippen molar-refractivity contribution in [1.29, 1.82) is 0 Å². The first kappa shape index (κ1) is 4.90. The summed E-state index contributed by atoms with van der Waals surface area (Å²) in [5, 5.41) is 0. The molecule has 0 aliphatic heterocycles. The van der Waals surface area contributed by atoms with Crippen molar-refractivity contribution in [3.05, 3.63) is 18.7 Å². The van der Waals surface area contributed by atoms with Crippen LogP contribution < -0.4 is 0 Å². The van der Waals surface area contributed by atoms with E-state index in [0.29, 0.717) is 5.69 Å². The zero-order valence-electron chi connectivity index (χ0n) is 4.28. The lowest BCUT2D eigenvalue weighted by molar-refractivity contribution is 1.16. The molecular formula is C5H5N3. The molecule has 8 heavy (non-hydrogen) atoms. The molecule has 0 amide bonds. The molecule has 0 bridgehead atoms. The molecule has 0 atom stereocenters. The second-order valence-electron chi connectivity index (χ2n) is 1.25. The SMILES string of the molecule is C=Nc1cncnc1. The molecule has 3 heteroatoms. The summed E-state index contributed by atoms with van der Waals surface area (Å²) < 4.78 is 0. The summed E-state index contributed by atoms with van der Waals surface area (Å²) >= 11 is 0. The highest BCUT2D eigenvalue weighted by atomic mass is 14.8. The number of nitrogens with zero attached hydrogens (tertiary/aromatic N) is 3. The summed E-state index contributed by atoms with van der Waals surface area (Å²) in [5.41, 5.74) is 0.701. The summed E-state index contributed by atoms with van der Waals surface area (Å²) in [6, 6.07) is 0. The predicted molar refractivity (Wildman–Crippen MR) is 31.2 cm³/mol. The molecule has 40 valence electrons. The van der Waals surface area contributed by atoms with E-state index in [2.05, 4.69) is 21.7 Å². The molecule has 0 N–H and O–H groups in total. The van der Waals surface area contributed by atoms with Gasteiger partial charge in [0.2, 0.25) is 0 Å². The molecule has 0 saturated heterocycles. The Morgan fingerprint density at radius 1 is 1.38 bits per heavy atom. The second kappa shape index (κ2) is 2.16. The van der Waals surface area contributed by atoms with Crippen LogP contribution in [0.15, 0.2) is 23.7 Å². The van der Waals surface area contributed by atoms with Crippen LogP contribution in [-0.2, 0) is 0 Å². The van der Waals surface area contributed by atoms with Gasteiger partial charge < -0.3 is 0 Å². The Hall–Kier alpha value is -1.25. The standard InChI is InChI=1S/C5H5N3/c1-6-5-2-7-4-8-3-5/h2-4H,1H2. The topological polar surface area (TPSA) is 38.1 Å². The zero-order valence-corrected chi connectivity index (χ0v) is 4.28. The summed E-state index contributed by atoms with van der Waals surface area (Å²) in [6.45, 7) is 3.30. The van der Waals surface area contributed by atoms with Gasteiger partial charge in [-0.25, -0.2) is 9.97 Å². The van der Waals surface area contributed by atoms with E-state index in [9.17, 15) is 0 Å². The van der Waals surface area contributed by atoms with E-state index in [1.54, 1.807) is 12.4 Å². The highest BCUT2D eigenvalue weighted by molar-refractivity contribution is 5.40. The van der Waals surface area contributed by atoms with Crippen molar-refractivity contribution in [2.24, 2.45) is 4.99 Å². The van der Waals surface area contributed by atoms with Gasteiger partial charge in [-0.2, -0.15) is 0 Å². The van der Waals surface area contributed by atoms with Crippen LogP contribution in [0.4, 0.5) is 5.69 Å². The maximum Gasteiger partial charge on any atom is 0.115 e. The lowest BCUT2D eigenvalue weighted by Crippen LogP contribution is -1.71. The third kappa shape index (κ3) is 0.872. The van der Waals surface area contributed by atoms with Crippen LogP contribution in [0.3, 0.4) is 0 Å². The molecule has 0 aliphatic carbocycles. The smallest absolute Gasteiger partial charge is 0.115 e. The molecule has 1 heterocycles. The average Bonchev–Trinajstić information content (AvgIpc) is 1.90. The minimum absolute atomic E-state index is 0.701. The number of aromatic nitrogens is 2. The van der Waals surface area contributed by atoms with E-state index in [4.69, 9.17) is 0 Å². The van der Waals surface area contributed by atoms with Gasteiger partial charge in [-0.05, 0) is 6.72 Å². The van der Waals surface area contributed by atoms with Gasteiger partial charge in [0.05, 0.1) is 18.1 Å². The Morgan fingerprint density at radius 3 is 2.38 bits per heavy atom. The van der Waals surface area contributed by atoms with Gasteiger partial charge >= 0.3 is 0 Å². The third-order valence-corrected chi connectivity index (χ3v) is 0.730. The van der Waals surface area contributed by atoms with Crippen molar-refractivity contribution >= 4 is 12.4 Å². The van der Waals surface area contributed by atoms with Crippen molar-refractivity contribution in [2.75, 3.05) is 0 Å². The minimum Gasteiger partial charge on any atom is -0.261 e. The van der Waals surface area contributed by atoms with Gasteiger partial charge in [0, 0.05) is 0 Å². The Kier molecular flexibility index (Phi) is 1.32. The molecule has 0 saturated carbocycles. The first-order valence-corrected chi connectivity index (χ1v) is 2.15. The fourth-order valence-corrected chi connectivity index (χ4v) is 0.373. The summed E-state index contributed by atoms with van der Waals surface area (Å²) in [6.07, 6.45) is 4.65. The quantitative estimate of drug-likeness (QED) is 0.498. The van der Waals surface area contributed by atoms with Gasteiger partial charge in [-0.3, -0.25) is 4.99 Å². The summed E-state index contributed by atoms with van der Waals surface area (Å²) in [5.74, 6) is 0. The van der Waals surface area contributed by atoms with Crippen molar-refractivity contribution in [2.45, 2.75) is 0 Å². The van der Waals surface area contributed by atoms with Crippen LogP contribution in [-0.4, -0.2) is 16.7 Å². The molecule has 0 aliphatic rings. The van der Waals surface area contributed by atoms with E-state index < -0.39 is 0 Å². The predicted octanol–water partition coefficient (Wildman–Crippen LogP) is 0.809. The van der Waals surface area contributed by atoms with Crippen LogP contribution in [0, 0.1) is 0 Å². The number of hydrogen-bond acceptors (Lipinski definition) is 3. The molecule has 0 aromatic carbocycles. The molecule has 0 unspecified atom stereocenters. The zero-order chi connectivity index (χ0) is 5.82. The first-order chi connectivity index (χ1) is 3.93. The lowest BCUT2D eigenvalue weighted by Gasteiger charge is -1.83. The van der Waals surface area contributed by atoms with Gasteiger partial charge in [-0.15, -0.1) is 0 Å². The molecular weight excluding hydrogens is 102 g/mol. The Morgan fingerprint density at radius 2 is 2.00 bits per heavy atom. The van der Waals surface area contributed by atoms with Crippen LogP contribution in [0.1, 0.15) is 0 Å². The minimum atomic E-state index is 0.701. The van der Waals surface area contributed by atoms with Gasteiger partial charge in [0.15, 0.2) is 0 Å². The Bertz CT molecular complexity index is 170. The molecule has 3 nitrogen and oxygen atoms in total. The van der Waals surface area contributed by atoms with Crippen LogP contribution in [0.5, 0.6) is 0 Å². The van der Waals surface area contributed by atoms with Crippen LogP contribution >= 0.6 is 0 Å². The van der Waals surface area contributed by atoms with E-state index in [1.165, 1.54) is 6.33 Å². The van der Waals surface area contributed by atoms with Crippen molar-refractivity contribution in [3.63, 3.8) is 0 Å². The van der Waals surface area contributed by atoms with Gasteiger partial charge in [-0.1, -0.05) is 0 Å². The third-order valence-electron chi connectivity index (χ3n) is 0.730. The molecule has 0 fully saturated rings. The average molecular weight is 107 g/mol. The second-order valence-corrected chi connectivity index (χ2v) is 1.25. The van der Waals surface area contributed by atoms with Gasteiger partial charge in [0.1, 0.15) is 6.33 Å². The molecule has 1 rings (SSSR count). The van der Waals surface area contributed by atoms with Crippen LogP contribution in [0.25, 0.3) is 0 Å². The maximum atomic E-state index is 3.71. The summed E-state index contributed by atoms with van der Waals surface area (Å²) in [7, 11) is 0. The fraction of sp³-hybridized carbons (Fsp3) is 0. The van der Waals surface area contributed by atoms with E-state index in [0.717, 1.165) is 0 Å². The van der Waals surface area contributed by atoms with E-state index in [-0.39, 0.29) is 0 Å². The molecule has 0 radical (unpaired) electrons. The number of aliphatic imine (C=N–C) groups is 1. The lowest BCUT2D eigenvalue weighted by atomic mass is 10.6. The highest BCUT2D eigenvalue weighted by Crippen LogP contribution is 2.01. The summed E-state index contributed by atoms with van der Waals surface area (Å²) in [4.78, 5) is 11.0. The highest BCUT2D eigenvalue weighted by Gasteiger charge is 1.79. The Balaban J connectivity index is 2.99. The van der Waals surface area contributed by atoms with E-state index >= 15 is 0 Å². The van der Waals surface area contributed by atoms with Crippen molar-refractivity contribution in [3.8, 4) is 0 Å². The van der Waals surface area contributed by atoms with E-state index in [1.807, 2.05) is 0 Å². The van der Waals surface area contributed by atoms with Crippen LogP contribution in [0.2, 0.25) is 0 Å². The van der Waals surface area contributed by atoms with Crippen molar-refractivity contribution in [1.82, 2.24) is 9.97 Å². The monoisotopic (exact) mass is 107 g/mol. The molecule has 0 spiro atoms. The van der Waals surface area contributed by atoms with Crippen molar-refractivity contribution < 1.29 is 0 Å². The normalized spacial score (nSPS) is 8.50. The molecule has 1 aromatic rings. The van der Waals surface area contributed by atoms with Gasteiger partial charge in [0.25, 0.3) is 0 Å². The number of rotatable bonds is 1. The molecule has 1 aromatic heterocycles. The Labute approximate surface area is 47.1 Å². The fourth-order valence-electron chi connectivity index (χ4n) is 0.373. The first-order valence-electron chi connectivity index (χ1n) is 2.15.